The molecule has 0 aliphatic heterocycles. The van der Waals surface area contributed by atoms with Gasteiger partial charge in [0.1, 0.15) is 5.82 Å². The van der Waals surface area contributed by atoms with Crippen molar-refractivity contribution in [3.8, 4) is 0 Å². The van der Waals surface area contributed by atoms with E-state index in [0.717, 1.165) is 17.4 Å². The van der Waals surface area contributed by atoms with Crippen LogP contribution in [-0.4, -0.2) is 10.6 Å². The highest BCUT2D eigenvalue weighted by Crippen LogP contribution is 2.27. The van der Waals surface area contributed by atoms with Crippen molar-refractivity contribution in [2.45, 2.75) is 39.3 Å². The van der Waals surface area contributed by atoms with Crippen molar-refractivity contribution in [1.29, 1.82) is 0 Å². The van der Waals surface area contributed by atoms with Crippen molar-refractivity contribution in [3.05, 3.63) is 35.8 Å². The molecule has 92 valence electrons. The fourth-order valence-electron chi connectivity index (χ4n) is 2.26. The molecule has 1 aromatic carbocycles. The Balaban J connectivity index is 2.66. The molecule has 1 atom stereocenters. The Morgan fingerprint density at radius 2 is 2.00 bits per heavy atom. The summed E-state index contributed by atoms with van der Waals surface area (Å²) in [5.41, 5.74) is 7.66. The number of aromatic nitrogens is 1. The van der Waals surface area contributed by atoms with Crippen molar-refractivity contribution >= 4 is 10.9 Å². The lowest BCUT2D eigenvalue weighted by molar-refractivity contribution is 0.587. The van der Waals surface area contributed by atoms with Crippen molar-refractivity contribution in [2.75, 3.05) is 0 Å². The van der Waals surface area contributed by atoms with Gasteiger partial charge in [-0.15, -0.1) is 0 Å². The summed E-state index contributed by atoms with van der Waals surface area (Å²) in [6.45, 7) is 6.08. The van der Waals surface area contributed by atoms with Gasteiger partial charge in [-0.3, -0.25) is 0 Å². The van der Waals surface area contributed by atoms with Crippen molar-refractivity contribution in [1.82, 2.24) is 4.57 Å². The van der Waals surface area contributed by atoms with Gasteiger partial charge >= 0.3 is 0 Å². The monoisotopic (exact) mass is 234 g/mol. The molecule has 0 aliphatic carbocycles. The molecule has 1 unspecified atom stereocenters. The van der Waals surface area contributed by atoms with Gasteiger partial charge in [-0.1, -0.05) is 12.1 Å². The number of rotatable bonds is 3. The van der Waals surface area contributed by atoms with E-state index in [1.807, 2.05) is 23.8 Å². The lowest BCUT2D eigenvalue weighted by atomic mass is 10.1. The lowest BCUT2D eigenvalue weighted by Crippen LogP contribution is -2.17. The van der Waals surface area contributed by atoms with E-state index in [2.05, 4.69) is 13.8 Å². The first-order chi connectivity index (χ1) is 8.00. The molecule has 0 saturated heterocycles. The molecule has 1 aromatic heterocycles. The van der Waals surface area contributed by atoms with E-state index in [4.69, 9.17) is 5.73 Å². The highest BCUT2D eigenvalue weighted by atomic mass is 19.1. The van der Waals surface area contributed by atoms with Crippen molar-refractivity contribution in [2.24, 2.45) is 5.73 Å². The molecule has 1 heterocycles. The summed E-state index contributed by atoms with van der Waals surface area (Å²) in [5.74, 6) is -0.160. The Morgan fingerprint density at radius 3 is 2.59 bits per heavy atom. The summed E-state index contributed by atoms with van der Waals surface area (Å²) in [6, 6.07) is 5.57. The molecule has 0 fully saturated rings. The number of hydrogen-bond acceptors (Lipinski definition) is 1. The molecular weight excluding hydrogens is 215 g/mol. The van der Waals surface area contributed by atoms with E-state index < -0.39 is 0 Å². The van der Waals surface area contributed by atoms with Gasteiger partial charge in [0.15, 0.2) is 0 Å². The molecule has 0 bridgehead atoms. The van der Waals surface area contributed by atoms with Crippen LogP contribution in [0.5, 0.6) is 0 Å². The van der Waals surface area contributed by atoms with Gasteiger partial charge < -0.3 is 10.3 Å². The quantitative estimate of drug-likeness (QED) is 0.868. The van der Waals surface area contributed by atoms with Crippen LogP contribution in [0.15, 0.2) is 24.4 Å². The molecule has 17 heavy (non-hydrogen) atoms. The minimum Gasteiger partial charge on any atom is -0.342 e. The fourth-order valence-corrected chi connectivity index (χ4v) is 2.26. The van der Waals surface area contributed by atoms with Gasteiger partial charge in [-0.05, 0) is 38.8 Å². The third kappa shape index (κ3) is 2.20. The third-order valence-electron chi connectivity index (χ3n) is 2.98. The van der Waals surface area contributed by atoms with E-state index in [0.29, 0.717) is 5.52 Å². The number of nitrogens with two attached hydrogens (primary N) is 1. The second-order valence-electron chi connectivity index (χ2n) is 4.97. The Labute approximate surface area is 101 Å². The molecule has 0 radical (unpaired) electrons. The SMILES string of the molecule is CC(N)Cc1cn(C(C)C)c2c(F)cccc12. The zero-order valence-electron chi connectivity index (χ0n) is 10.6. The molecule has 3 heteroatoms. The molecular formula is C14H19FN2. The van der Waals surface area contributed by atoms with Crippen LogP contribution in [0.25, 0.3) is 10.9 Å². The minimum atomic E-state index is -0.160. The van der Waals surface area contributed by atoms with Crippen LogP contribution in [0.1, 0.15) is 32.4 Å². The summed E-state index contributed by atoms with van der Waals surface area (Å²) < 4.78 is 15.9. The largest absolute Gasteiger partial charge is 0.342 e. The number of para-hydroxylation sites is 1. The first kappa shape index (κ1) is 12.1. The van der Waals surface area contributed by atoms with Gasteiger partial charge in [0.2, 0.25) is 0 Å². The highest BCUT2D eigenvalue weighted by Gasteiger charge is 2.14. The maximum atomic E-state index is 13.9. The summed E-state index contributed by atoms with van der Waals surface area (Å²) in [5, 5.41) is 0.982. The zero-order valence-corrected chi connectivity index (χ0v) is 10.6. The second kappa shape index (κ2) is 4.49. The number of halogens is 1. The van der Waals surface area contributed by atoms with Crippen LogP contribution in [-0.2, 0) is 6.42 Å². The van der Waals surface area contributed by atoms with Gasteiger partial charge in [0.05, 0.1) is 5.52 Å². The fraction of sp³-hybridized carbons (Fsp3) is 0.429. The van der Waals surface area contributed by atoms with E-state index in [1.54, 1.807) is 6.07 Å². The van der Waals surface area contributed by atoms with E-state index in [9.17, 15) is 4.39 Å². The summed E-state index contributed by atoms with van der Waals surface area (Å²) >= 11 is 0. The van der Waals surface area contributed by atoms with Gasteiger partial charge in [0, 0.05) is 23.7 Å². The summed E-state index contributed by atoms with van der Waals surface area (Å²) in [6.07, 6.45) is 2.81. The molecule has 0 spiro atoms. The summed E-state index contributed by atoms with van der Waals surface area (Å²) in [4.78, 5) is 0. The zero-order chi connectivity index (χ0) is 12.6. The topological polar surface area (TPSA) is 30.9 Å². The normalized spacial score (nSPS) is 13.5. The Bertz CT molecular complexity index is 526. The average molecular weight is 234 g/mol. The summed E-state index contributed by atoms with van der Waals surface area (Å²) in [7, 11) is 0. The molecule has 0 amide bonds. The predicted octanol–water partition coefficient (Wildman–Crippen LogP) is 3.25. The van der Waals surface area contributed by atoms with Crippen LogP contribution >= 0.6 is 0 Å². The maximum Gasteiger partial charge on any atom is 0.147 e. The number of nitrogens with zero attached hydrogens (tertiary/aromatic N) is 1. The third-order valence-corrected chi connectivity index (χ3v) is 2.98. The molecule has 0 saturated carbocycles. The number of benzene rings is 1. The average Bonchev–Trinajstić information content (AvgIpc) is 2.58. The smallest absolute Gasteiger partial charge is 0.147 e. The Hall–Kier alpha value is -1.35. The first-order valence-electron chi connectivity index (χ1n) is 6.04. The first-order valence-corrected chi connectivity index (χ1v) is 6.04. The van der Waals surface area contributed by atoms with Crippen LogP contribution in [0, 0.1) is 5.82 Å². The van der Waals surface area contributed by atoms with E-state index in [-0.39, 0.29) is 17.9 Å². The van der Waals surface area contributed by atoms with Gasteiger partial charge in [-0.2, -0.15) is 0 Å². The van der Waals surface area contributed by atoms with Crippen LogP contribution in [0.2, 0.25) is 0 Å². The van der Waals surface area contributed by atoms with Gasteiger partial charge in [-0.25, -0.2) is 4.39 Å². The van der Waals surface area contributed by atoms with Crippen LogP contribution < -0.4 is 5.73 Å². The molecule has 2 N–H and O–H groups in total. The lowest BCUT2D eigenvalue weighted by Gasteiger charge is -2.09. The highest BCUT2D eigenvalue weighted by molar-refractivity contribution is 5.84. The Kier molecular flexibility index (Phi) is 3.20. The van der Waals surface area contributed by atoms with E-state index in [1.165, 1.54) is 6.07 Å². The standard InChI is InChI=1S/C14H19FN2/c1-9(2)17-8-11(7-10(3)16)12-5-4-6-13(15)14(12)17/h4-6,8-10H,7,16H2,1-3H3. The molecule has 2 nitrogen and oxygen atoms in total. The van der Waals surface area contributed by atoms with Gasteiger partial charge in [0.25, 0.3) is 0 Å². The molecule has 2 rings (SSSR count). The van der Waals surface area contributed by atoms with Crippen molar-refractivity contribution in [3.63, 3.8) is 0 Å². The Morgan fingerprint density at radius 1 is 1.29 bits per heavy atom. The predicted molar refractivity (Wildman–Crippen MR) is 69.6 cm³/mol. The minimum absolute atomic E-state index is 0.0875. The molecule has 2 aromatic rings. The molecule has 0 aliphatic rings. The van der Waals surface area contributed by atoms with Crippen molar-refractivity contribution < 1.29 is 4.39 Å². The second-order valence-corrected chi connectivity index (χ2v) is 4.97. The number of hydrogen-bond donors (Lipinski definition) is 1. The van der Waals surface area contributed by atoms with Crippen LogP contribution in [0.3, 0.4) is 0 Å². The van der Waals surface area contributed by atoms with E-state index >= 15 is 0 Å². The number of fused-ring (bicyclic) bond motifs is 1. The van der Waals surface area contributed by atoms with Crippen LogP contribution in [0.4, 0.5) is 4.39 Å². The maximum absolute atomic E-state index is 13.9.